The second-order valence-electron chi connectivity index (χ2n) is 7.00. The topological polar surface area (TPSA) is 53.4 Å². The summed E-state index contributed by atoms with van der Waals surface area (Å²) in [6.45, 7) is 0.768. The molecular formula is C22H21BrN2O2. The molecule has 27 heavy (non-hydrogen) atoms. The quantitative estimate of drug-likeness (QED) is 0.638. The van der Waals surface area contributed by atoms with E-state index < -0.39 is 12.0 Å². The molecule has 0 bridgehead atoms. The van der Waals surface area contributed by atoms with Crippen LogP contribution in [-0.2, 0) is 4.79 Å². The van der Waals surface area contributed by atoms with Gasteiger partial charge >= 0.3 is 5.97 Å². The first-order chi connectivity index (χ1) is 13.1. The maximum Gasteiger partial charge on any atom is 0.320 e. The van der Waals surface area contributed by atoms with E-state index in [0.717, 1.165) is 45.9 Å². The van der Waals surface area contributed by atoms with Crippen molar-refractivity contribution < 1.29 is 9.90 Å². The Balaban J connectivity index is 1.83. The van der Waals surface area contributed by atoms with E-state index in [1.807, 2.05) is 36.5 Å². The van der Waals surface area contributed by atoms with E-state index in [-0.39, 0.29) is 6.04 Å². The van der Waals surface area contributed by atoms with Gasteiger partial charge in [0, 0.05) is 16.1 Å². The highest BCUT2D eigenvalue weighted by molar-refractivity contribution is 9.10. The summed E-state index contributed by atoms with van der Waals surface area (Å²) in [6, 6.07) is 17.7. The molecule has 5 heteroatoms. The molecule has 1 aliphatic rings. The zero-order valence-corrected chi connectivity index (χ0v) is 16.5. The molecular weight excluding hydrogens is 404 g/mol. The molecule has 138 valence electrons. The molecule has 2 heterocycles. The predicted octanol–water partition coefficient (Wildman–Crippen LogP) is 5.03. The first kappa shape index (κ1) is 18.1. The molecule has 4 nitrogen and oxygen atoms in total. The summed E-state index contributed by atoms with van der Waals surface area (Å²) in [6.07, 6.45) is 4.54. The van der Waals surface area contributed by atoms with Crippen molar-refractivity contribution in [1.82, 2.24) is 9.88 Å². The standard InChI is InChI=1S/C22H21BrN2O2/c23-18-10-8-15(9-11-18)21(25-12-4-3-7-20(25)22(26)27)17-13-16-5-1-2-6-19(16)24-14-17/h1-2,5-6,8-11,13-14,20-21H,3-4,7,12H2,(H,26,27). The van der Waals surface area contributed by atoms with Crippen molar-refractivity contribution >= 4 is 32.8 Å². The third kappa shape index (κ3) is 3.75. The number of carboxylic acid groups (broad SMARTS) is 1. The van der Waals surface area contributed by atoms with Crippen molar-refractivity contribution in [3.8, 4) is 0 Å². The summed E-state index contributed by atoms with van der Waals surface area (Å²) in [5.74, 6) is -0.745. The molecule has 2 atom stereocenters. The Morgan fingerprint density at radius 3 is 2.67 bits per heavy atom. The lowest BCUT2D eigenvalue weighted by molar-refractivity contribution is -0.145. The Hall–Kier alpha value is -2.24. The molecule has 0 saturated carbocycles. The van der Waals surface area contributed by atoms with Gasteiger partial charge < -0.3 is 5.11 Å². The van der Waals surface area contributed by atoms with Crippen LogP contribution in [0.25, 0.3) is 10.9 Å². The number of carbonyl (C=O) groups is 1. The zero-order valence-electron chi connectivity index (χ0n) is 14.9. The fourth-order valence-corrected chi connectivity index (χ4v) is 4.25. The van der Waals surface area contributed by atoms with Gasteiger partial charge in [-0.3, -0.25) is 14.7 Å². The maximum absolute atomic E-state index is 11.9. The predicted molar refractivity (Wildman–Crippen MR) is 110 cm³/mol. The number of fused-ring (bicyclic) bond motifs is 1. The molecule has 0 aliphatic carbocycles. The molecule has 0 radical (unpaired) electrons. The van der Waals surface area contributed by atoms with Crippen LogP contribution in [0.2, 0.25) is 0 Å². The Bertz CT molecular complexity index is 958. The van der Waals surface area contributed by atoms with Gasteiger partial charge in [0.1, 0.15) is 6.04 Å². The van der Waals surface area contributed by atoms with Crippen LogP contribution in [0.3, 0.4) is 0 Å². The van der Waals surface area contributed by atoms with E-state index in [0.29, 0.717) is 6.42 Å². The van der Waals surface area contributed by atoms with Crippen molar-refractivity contribution in [2.75, 3.05) is 6.54 Å². The lowest BCUT2D eigenvalue weighted by atomic mass is 9.92. The number of likely N-dealkylation sites (tertiary alicyclic amines) is 1. The number of piperidine rings is 1. The van der Waals surface area contributed by atoms with Crippen molar-refractivity contribution in [1.29, 1.82) is 0 Å². The molecule has 1 aliphatic heterocycles. The fraction of sp³-hybridized carbons (Fsp3) is 0.273. The van der Waals surface area contributed by atoms with Gasteiger partial charge in [-0.15, -0.1) is 0 Å². The molecule has 4 rings (SSSR count). The molecule has 1 N–H and O–H groups in total. The largest absolute Gasteiger partial charge is 0.480 e. The van der Waals surface area contributed by atoms with Gasteiger partial charge in [0.15, 0.2) is 0 Å². The van der Waals surface area contributed by atoms with Crippen molar-refractivity contribution in [2.45, 2.75) is 31.3 Å². The number of hydrogen-bond donors (Lipinski definition) is 1. The van der Waals surface area contributed by atoms with Crippen LogP contribution in [0.4, 0.5) is 0 Å². The van der Waals surface area contributed by atoms with Crippen LogP contribution in [-0.4, -0.2) is 33.5 Å². The van der Waals surface area contributed by atoms with Crippen LogP contribution in [0.5, 0.6) is 0 Å². The molecule has 0 spiro atoms. The number of nitrogens with zero attached hydrogens (tertiary/aromatic N) is 2. The zero-order chi connectivity index (χ0) is 18.8. The van der Waals surface area contributed by atoms with E-state index in [2.05, 4.69) is 50.1 Å². The number of carboxylic acids is 1. The molecule has 2 aromatic carbocycles. The maximum atomic E-state index is 11.9. The first-order valence-corrected chi connectivity index (χ1v) is 10.0. The second-order valence-corrected chi connectivity index (χ2v) is 7.92. The minimum Gasteiger partial charge on any atom is -0.480 e. The number of aromatic nitrogens is 1. The van der Waals surface area contributed by atoms with Crippen LogP contribution in [0.1, 0.15) is 36.4 Å². The smallest absolute Gasteiger partial charge is 0.320 e. The lowest BCUT2D eigenvalue weighted by Gasteiger charge is -2.39. The Morgan fingerprint density at radius 2 is 1.89 bits per heavy atom. The summed E-state index contributed by atoms with van der Waals surface area (Å²) in [5, 5.41) is 10.9. The summed E-state index contributed by atoms with van der Waals surface area (Å²) in [5.41, 5.74) is 3.07. The average Bonchev–Trinajstić information content (AvgIpc) is 2.70. The van der Waals surface area contributed by atoms with Gasteiger partial charge in [-0.2, -0.15) is 0 Å². The Morgan fingerprint density at radius 1 is 1.11 bits per heavy atom. The van der Waals surface area contributed by atoms with Gasteiger partial charge in [0.25, 0.3) is 0 Å². The highest BCUT2D eigenvalue weighted by atomic mass is 79.9. The highest BCUT2D eigenvalue weighted by Crippen LogP contribution is 2.35. The van der Waals surface area contributed by atoms with Crippen LogP contribution < -0.4 is 0 Å². The van der Waals surface area contributed by atoms with Crippen LogP contribution in [0.15, 0.2) is 65.3 Å². The van der Waals surface area contributed by atoms with Crippen LogP contribution in [0, 0.1) is 0 Å². The first-order valence-electron chi connectivity index (χ1n) is 9.22. The molecule has 1 fully saturated rings. The number of halogens is 1. The molecule has 3 aromatic rings. The molecule has 1 saturated heterocycles. The van der Waals surface area contributed by atoms with Gasteiger partial charge in [-0.1, -0.05) is 52.7 Å². The molecule has 0 amide bonds. The number of hydrogen-bond acceptors (Lipinski definition) is 3. The number of rotatable bonds is 4. The van der Waals surface area contributed by atoms with Gasteiger partial charge in [-0.25, -0.2) is 0 Å². The summed E-state index contributed by atoms with van der Waals surface area (Å²) in [7, 11) is 0. The summed E-state index contributed by atoms with van der Waals surface area (Å²) < 4.78 is 1.01. The minimum atomic E-state index is -0.745. The van der Waals surface area contributed by atoms with Gasteiger partial charge in [0.05, 0.1) is 11.6 Å². The second kappa shape index (κ2) is 7.79. The third-order valence-electron chi connectivity index (χ3n) is 5.27. The lowest BCUT2D eigenvalue weighted by Crippen LogP contribution is -2.46. The third-order valence-corrected chi connectivity index (χ3v) is 5.80. The Labute approximate surface area is 167 Å². The van der Waals surface area contributed by atoms with Crippen molar-refractivity contribution in [3.63, 3.8) is 0 Å². The monoisotopic (exact) mass is 424 g/mol. The van der Waals surface area contributed by atoms with E-state index in [1.54, 1.807) is 0 Å². The van der Waals surface area contributed by atoms with Gasteiger partial charge in [-0.05, 0) is 54.8 Å². The number of para-hydroxylation sites is 1. The fourth-order valence-electron chi connectivity index (χ4n) is 3.99. The van der Waals surface area contributed by atoms with Crippen molar-refractivity contribution in [3.05, 3.63) is 76.4 Å². The minimum absolute atomic E-state index is 0.128. The van der Waals surface area contributed by atoms with E-state index in [9.17, 15) is 9.90 Å². The average molecular weight is 425 g/mol. The highest BCUT2D eigenvalue weighted by Gasteiger charge is 2.35. The SMILES string of the molecule is O=C(O)C1CCCCN1C(c1ccc(Br)cc1)c1cnc2ccccc2c1. The summed E-state index contributed by atoms with van der Waals surface area (Å²) in [4.78, 5) is 18.7. The Kier molecular flexibility index (Phi) is 5.23. The number of pyridine rings is 1. The summed E-state index contributed by atoms with van der Waals surface area (Å²) >= 11 is 3.49. The normalized spacial score (nSPS) is 19.1. The van der Waals surface area contributed by atoms with Crippen LogP contribution >= 0.6 is 15.9 Å². The number of benzene rings is 2. The number of aliphatic carboxylic acids is 1. The van der Waals surface area contributed by atoms with E-state index >= 15 is 0 Å². The molecule has 1 aromatic heterocycles. The van der Waals surface area contributed by atoms with E-state index in [4.69, 9.17) is 0 Å². The van der Waals surface area contributed by atoms with Crippen molar-refractivity contribution in [2.24, 2.45) is 0 Å². The molecule has 2 unspecified atom stereocenters. The van der Waals surface area contributed by atoms with Gasteiger partial charge in [0.2, 0.25) is 0 Å². The van der Waals surface area contributed by atoms with E-state index in [1.165, 1.54) is 0 Å².